The summed E-state index contributed by atoms with van der Waals surface area (Å²) in [7, 11) is 0. The van der Waals surface area contributed by atoms with Crippen molar-refractivity contribution < 1.29 is 57.9 Å². The van der Waals surface area contributed by atoms with Crippen LogP contribution in [0.4, 0.5) is 0 Å². The van der Waals surface area contributed by atoms with Gasteiger partial charge in [-0.2, -0.15) is 0 Å². The van der Waals surface area contributed by atoms with Crippen LogP contribution in [0.15, 0.2) is 29.1 Å². The molecule has 3 heteroatoms. The molecule has 66 valence electrons. The van der Waals surface area contributed by atoms with Crippen molar-refractivity contribution in [1.29, 1.82) is 0 Å². The van der Waals surface area contributed by atoms with Gasteiger partial charge in [0.05, 0.1) is 0 Å². The van der Waals surface area contributed by atoms with Crippen LogP contribution in [0.3, 0.4) is 0 Å². The molecule has 0 amide bonds. The molecule has 0 atom stereocenters. The van der Waals surface area contributed by atoms with E-state index < -0.39 is 0 Å². The van der Waals surface area contributed by atoms with Gasteiger partial charge in [-0.3, -0.25) is 4.79 Å². The van der Waals surface area contributed by atoms with E-state index in [0.717, 1.165) is 5.56 Å². The van der Waals surface area contributed by atoms with Crippen LogP contribution in [-0.2, 0) is 0 Å². The van der Waals surface area contributed by atoms with Crippen LogP contribution >= 0.6 is 0 Å². The maximum Gasteiger partial charge on any atom is 1.00 e. The Labute approximate surface area is 122 Å². The molecule has 0 aliphatic heterocycles. The van der Waals surface area contributed by atoms with E-state index in [0.29, 0.717) is 5.92 Å². The SMILES string of the molecule is CC(C)c1cccc(O)c(=O)c1.[H-].[K+]. The van der Waals surface area contributed by atoms with E-state index in [4.69, 9.17) is 5.11 Å². The van der Waals surface area contributed by atoms with E-state index >= 15 is 0 Å². The van der Waals surface area contributed by atoms with Gasteiger partial charge in [-0.1, -0.05) is 26.0 Å². The molecule has 13 heavy (non-hydrogen) atoms. The van der Waals surface area contributed by atoms with Gasteiger partial charge in [-0.25, -0.2) is 0 Å². The molecule has 1 aromatic carbocycles. The number of hydrogen-bond acceptors (Lipinski definition) is 2. The molecule has 0 aliphatic carbocycles. The molecule has 0 saturated carbocycles. The number of rotatable bonds is 1. The predicted molar refractivity (Wildman–Crippen MR) is 49.6 cm³/mol. The van der Waals surface area contributed by atoms with Crippen molar-refractivity contribution in [3.8, 4) is 5.75 Å². The van der Waals surface area contributed by atoms with Crippen LogP contribution in [0.25, 0.3) is 0 Å². The average molecular weight is 204 g/mol. The van der Waals surface area contributed by atoms with E-state index in [2.05, 4.69) is 0 Å². The van der Waals surface area contributed by atoms with Crippen molar-refractivity contribution in [2.45, 2.75) is 19.8 Å². The zero-order valence-electron chi connectivity index (χ0n) is 9.24. The second-order valence-electron chi connectivity index (χ2n) is 3.07. The zero-order valence-corrected chi connectivity index (χ0v) is 11.4. The number of hydrogen-bond donors (Lipinski definition) is 1. The minimum absolute atomic E-state index is 0. The molecular weight excluding hydrogens is 191 g/mol. The smallest absolute Gasteiger partial charge is 1.00 e. The van der Waals surface area contributed by atoms with Gasteiger partial charge in [-0.15, -0.1) is 0 Å². The average Bonchev–Trinajstić information content (AvgIpc) is 2.15. The summed E-state index contributed by atoms with van der Waals surface area (Å²) in [5.41, 5.74) is 0.629. The van der Waals surface area contributed by atoms with Crippen molar-refractivity contribution in [2.24, 2.45) is 0 Å². The fourth-order valence-corrected chi connectivity index (χ4v) is 0.965. The summed E-state index contributed by atoms with van der Waals surface area (Å²) in [6.45, 7) is 4.01. The summed E-state index contributed by atoms with van der Waals surface area (Å²) >= 11 is 0. The van der Waals surface area contributed by atoms with Crippen LogP contribution in [-0.4, -0.2) is 5.11 Å². The first-order valence-corrected chi connectivity index (χ1v) is 3.94. The molecule has 0 unspecified atom stereocenters. The Morgan fingerprint density at radius 3 is 2.54 bits per heavy atom. The summed E-state index contributed by atoms with van der Waals surface area (Å²) in [5, 5.41) is 9.07. The van der Waals surface area contributed by atoms with Gasteiger partial charge < -0.3 is 6.53 Å². The van der Waals surface area contributed by atoms with Crippen LogP contribution in [0.5, 0.6) is 5.75 Å². The molecule has 1 N–H and O–H groups in total. The van der Waals surface area contributed by atoms with Crippen molar-refractivity contribution in [2.75, 3.05) is 0 Å². The summed E-state index contributed by atoms with van der Waals surface area (Å²) in [6, 6.07) is 6.41. The topological polar surface area (TPSA) is 37.3 Å². The van der Waals surface area contributed by atoms with Gasteiger partial charge in [0.1, 0.15) is 0 Å². The Kier molecular flexibility index (Phi) is 6.08. The van der Waals surface area contributed by atoms with Crippen molar-refractivity contribution in [3.63, 3.8) is 0 Å². The third kappa shape index (κ3) is 3.91. The predicted octanol–water partition coefficient (Wildman–Crippen LogP) is -1.01. The first kappa shape index (κ1) is 13.3. The first-order chi connectivity index (χ1) is 5.61. The van der Waals surface area contributed by atoms with Gasteiger partial charge in [0.25, 0.3) is 0 Å². The minimum Gasteiger partial charge on any atom is -1.00 e. The van der Waals surface area contributed by atoms with Crippen LogP contribution in [0.1, 0.15) is 26.8 Å². The second kappa shape index (κ2) is 5.93. The molecule has 1 rings (SSSR count). The molecule has 1 aromatic rings. The van der Waals surface area contributed by atoms with E-state index in [1.807, 2.05) is 19.9 Å². The fourth-order valence-electron chi connectivity index (χ4n) is 0.965. The third-order valence-electron chi connectivity index (χ3n) is 1.76. The fraction of sp³-hybridized carbons (Fsp3) is 0.300. The number of aromatic hydroxyl groups is 1. The summed E-state index contributed by atoms with van der Waals surface area (Å²) < 4.78 is 0. The van der Waals surface area contributed by atoms with Gasteiger partial charge in [0.15, 0.2) is 5.75 Å². The van der Waals surface area contributed by atoms with Gasteiger partial charge >= 0.3 is 51.4 Å². The Morgan fingerprint density at radius 1 is 1.38 bits per heavy atom. The summed E-state index contributed by atoms with van der Waals surface area (Å²) in [5.74, 6) is 0.117. The second-order valence-corrected chi connectivity index (χ2v) is 3.07. The maximum atomic E-state index is 11.1. The normalized spacial score (nSPS) is 9.46. The molecule has 0 fully saturated rings. The van der Waals surface area contributed by atoms with Crippen molar-refractivity contribution in [3.05, 3.63) is 40.1 Å². The Morgan fingerprint density at radius 2 is 2.00 bits per heavy atom. The van der Waals surface area contributed by atoms with Crippen molar-refractivity contribution in [1.82, 2.24) is 0 Å². The summed E-state index contributed by atoms with van der Waals surface area (Å²) in [6.07, 6.45) is 0. The van der Waals surface area contributed by atoms with Crippen LogP contribution in [0, 0.1) is 0 Å². The molecule has 0 spiro atoms. The molecule has 2 nitrogen and oxygen atoms in total. The summed E-state index contributed by atoms with van der Waals surface area (Å²) in [4.78, 5) is 11.1. The quantitative estimate of drug-likeness (QED) is 0.595. The van der Waals surface area contributed by atoms with E-state index in [1.54, 1.807) is 6.07 Å². The van der Waals surface area contributed by atoms with E-state index in [9.17, 15) is 4.79 Å². The molecule has 0 radical (unpaired) electrons. The minimum atomic E-state index is -0.316. The van der Waals surface area contributed by atoms with Gasteiger partial charge in [0.2, 0.25) is 5.43 Å². The zero-order chi connectivity index (χ0) is 9.14. The standard InChI is InChI=1S/C10H12O2.K.H/c1-7(2)8-4-3-5-9(11)10(12)6-8;;/h3-7H,1-2H3,(H,11,12);;/q;+1;-1. The third-order valence-corrected chi connectivity index (χ3v) is 1.76. The van der Waals surface area contributed by atoms with E-state index in [1.165, 1.54) is 12.1 Å². The molecule has 0 aromatic heterocycles. The first-order valence-electron chi connectivity index (χ1n) is 3.94. The van der Waals surface area contributed by atoms with Crippen LogP contribution in [0.2, 0.25) is 0 Å². The molecule has 0 bridgehead atoms. The molecular formula is C10H13KO2. The molecule has 0 heterocycles. The van der Waals surface area contributed by atoms with Crippen molar-refractivity contribution >= 4 is 0 Å². The largest absolute Gasteiger partial charge is 1.00 e. The Balaban J connectivity index is 0. The maximum absolute atomic E-state index is 11.1. The molecule has 0 saturated heterocycles. The van der Waals surface area contributed by atoms with Gasteiger partial charge in [-0.05, 0) is 23.6 Å². The van der Waals surface area contributed by atoms with Gasteiger partial charge in [0, 0.05) is 0 Å². The van der Waals surface area contributed by atoms with Crippen LogP contribution < -0.4 is 56.8 Å². The Hall–Kier alpha value is 0.326. The Bertz CT molecular complexity index is 339. The van der Waals surface area contributed by atoms with E-state index in [-0.39, 0.29) is 64.0 Å². The monoisotopic (exact) mass is 204 g/mol. The molecule has 0 aliphatic rings.